The fraction of sp³-hybridized carbons (Fsp3) is 0.643. The number of imidazole rings is 1. The molecule has 2 aromatic rings. The van der Waals surface area contributed by atoms with Crippen molar-refractivity contribution in [2.45, 2.75) is 39.7 Å². The van der Waals surface area contributed by atoms with Gasteiger partial charge in [-0.3, -0.25) is 0 Å². The third-order valence-electron chi connectivity index (χ3n) is 3.68. The number of rotatable bonds is 7. The molecule has 0 saturated heterocycles. The summed E-state index contributed by atoms with van der Waals surface area (Å²) in [6.45, 7) is 5.34. The summed E-state index contributed by atoms with van der Waals surface area (Å²) in [5, 5.41) is 0. The average Bonchev–Trinajstić information content (AvgIpc) is 2.82. The fourth-order valence-electron chi connectivity index (χ4n) is 2.38. The van der Waals surface area contributed by atoms with E-state index < -0.39 is 0 Å². The molecule has 0 aliphatic heterocycles. The third kappa shape index (κ3) is 2.87. The Labute approximate surface area is 124 Å². The van der Waals surface area contributed by atoms with Crippen LogP contribution in [0.5, 0.6) is 5.88 Å². The smallest absolute Gasteiger partial charge is 0.245 e. The summed E-state index contributed by atoms with van der Waals surface area (Å²) >= 11 is 5.89. The Hall–Kier alpha value is -1.36. The first kappa shape index (κ1) is 15.0. The van der Waals surface area contributed by atoms with Crippen LogP contribution in [0.2, 0.25) is 0 Å². The molecule has 0 saturated carbocycles. The van der Waals surface area contributed by atoms with Gasteiger partial charge in [0.1, 0.15) is 12.2 Å². The zero-order valence-electron chi connectivity index (χ0n) is 12.3. The van der Waals surface area contributed by atoms with E-state index in [0.717, 1.165) is 42.8 Å². The number of hydrogen-bond donors (Lipinski definition) is 0. The summed E-state index contributed by atoms with van der Waals surface area (Å²) in [6, 6.07) is 0. The maximum absolute atomic E-state index is 5.89. The Morgan fingerprint density at radius 2 is 2.05 bits per heavy atom. The van der Waals surface area contributed by atoms with Crippen molar-refractivity contribution < 1.29 is 4.74 Å². The van der Waals surface area contributed by atoms with Gasteiger partial charge >= 0.3 is 0 Å². The first-order chi connectivity index (χ1) is 9.74. The first-order valence-electron chi connectivity index (χ1n) is 7.05. The molecule has 0 aliphatic rings. The zero-order valence-corrected chi connectivity index (χ0v) is 13.0. The van der Waals surface area contributed by atoms with E-state index in [4.69, 9.17) is 16.3 Å². The lowest BCUT2D eigenvalue weighted by atomic mass is 10.0. The summed E-state index contributed by atoms with van der Waals surface area (Å²) in [7, 11) is 1.60. The van der Waals surface area contributed by atoms with Crippen LogP contribution >= 0.6 is 11.6 Å². The van der Waals surface area contributed by atoms with E-state index >= 15 is 0 Å². The number of halogens is 1. The van der Waals surface area contributed by atoms with Gasteiger partial charge in [0, 0.05) is 18.8 Å². The van der Waals surface area contributed by atoms with Crippen molar-refractivity contribution in [3.05, 3.63) is 12.2 Å². The molecule has 0 amide bonds. The van der Waals surface area contributed by atoms with Gasteiger partial charge in [0.15, 0.2) is 11.2 Å². The molecule has 2 aromatic heterocycles. The molecule has 0 atom stereocenters. The van der Waals surface area contributed by atoms with Crippen molar-refractivity contribution in [2.24, 2.45) is 5.92 Å². The largest absolute Gasteiger partial charge is 0.479 e. The number of ether oxygens (including phenoxy) is 1. The maximum atomic E-state index is 5.89. The van der Waals surface area contributed by atoms with Crippen molar-refractivity contribution >= 4 is 22.8 Å². The highest BCUT2D eigenvalue weighted by atomic mass is 35.5. The fourth-order valence-corrected chi connectivity index (χ4v) is 2.55. The number of alkyl halides is 1. The maximum Gasteiger partial charge on any atom is 0.245 e. The Kier molecular flexibility index (Phi) is 5.17. The molecule has 110 valence electrons. The summed E-state index contributed by atoms with van der Waals surface area (Å²) in [4.78, 5) is 13.1. The van der Waals surface area contributed by atoms with Gasteiger partial charge in [0.2, 0.25) is 5.88 Å². The number of aryl methyl sites for hydroxylation is 1. The Bertz CT molecular complexity index is 566. The van der Waals surface area contributed by atoms with Crippen molar-refractivity contribution in [1.82, 2.24) is 19.5 Å². The second kappa shape index (κ2) is 6.88. The number of nitrogens with zero attached hydrogens (tertiary/aromatic N) is 4. The van der Waals surface area contributed by atoms with Crippen molar-refractivity contribution in [3.63, 3.8) is 0 Å². The van der Waals surface area contributed by atoms with Crippen LogP contribution in [0.4, 0.5) is 0 Å². The average molecular weight is 297 g/mol. The predicted molar refractivity (Wildman–Crippen MR) is 80.4 cm³/mol. The quantitative estimate of drug-likeness (QED) is 0.737. The molecule has 2 rings (SSSR count). The topological polar surface area (TPSA) is 52.8 Å². The van der Waals surface area contributed by atoms with Crippen LogP contribution in [0, 0.1) is 5.92 Å². The van der Waals surface area contributed by atoms with E-state index in [1.54, 1.807) is 7.11 Å². The number of fused-ring (bicyclic) bond motifs is 1. The predicted octanol–water partition coefficient (Wildman–Crippen LogP) is 3.05. The Balaban J connectivity index is 2.51. The van der Waals surface area contributed by atoms with Crippen LogP contribution in [-0.2, 0) is 13.0 Å². The normalized spacial score (nSPS) is 11.4. The van der Waals surface area contributed by atoms with Gasteiger partial charge < -0.3 is 9.30 Å². The molecule has 6 heteroatoms. The minimum atomic E-state index is 0.522. The van der Waals surface area contributed by atoms with E-state index in [1.165, 1.54) is 6.33 Å². The lowest BCUT2D eigenvalue weighted by Gasteiger charge is -2.15. The van der Waals surface area contributed by atoms with E-state index in [1.807, 2.05) is 0 Å². The third-order valence-corrected chi connectivity index (χ3v) is 3.87. The molecule has 0 aromatic carbocycles. The first-order valence-corrected chi connectivity index (χ1v) is 7.58. The van der Waals surface area contributed by atoms with Gasteiger partial charge in [0.05, 0.1) is 7.11 Å². The van der Waals surface area contributed by atoms with Gasteiger partial charge in [-0.15, -0.1) is 11.6 Å². The van der Waals surface area contributed by atoms with Crippen LogP contribution in [0.25, 0.3) is 11.2 Å². The summed E-state index contributed by atoms with van der Waals surface area (Å²) < 4.78 is 7.44. The SMILES string of the molecule is CCC(CC)Cn1c(CCCl)nc2c(OC)ncnc21. The van der Waals surface area contributed by atoms with Crippen molar-refractivity contribution in [1.29, 1.82) is 0 Å². The molecule has 0 spiro atoms. The van der Waals surface area contributed by atoms with E-state index in [2.05, 4.69) is 33.4 Å². The number of hydrogen-bond acceptors (Lipinski definition) is 4. The highest BCUT2D eigenvalue weighted by molar-refractivity contribution is 6.17. The molecular weight excluding hydrogens is 276 g/mol. The van der Waals surface area contributed by atoms with E-state index in [-0.39, 0.29) is 0 Å². The highest BCUT2D eigenvalue weighted by Gasteiger charge is 2.18. The molecule has 0 bridgehead atoms. The lowest BCUT2D eigenvalue weighted by Crippen LogP contribution is -2.13. The van der Waals surface area contributed by atoms with Gasteiger partial charge in [-0.1, -0.05) is 26.7 Å². The molecule has 0 aliphatic carbocycles. The molecule has 0 radical (unpaired) electrons. The molecule has 0 unspecified atom stereocenters. The van der Waals surface area contributed by atoms with Gasteiger partial charge in [-0.2, -0.15) is 4.98 Å². The number of methoxy groups -OCH3 is 1. The van der Waals surface area contributed by atoms with Gasteiger partial charge in [-0.25, -0.2) is 9.97 Å². The Morgan fingerprint density at radius 1 is 1.30 bits per heavy atom. The van der Waals surface area contributed by atoms with Crippen molar-refractivity contribution in [2.75, 3.05) is 13.0 Å². The monoisotopic (exact) mass is 296 g/mol. The standard InChI is InChI=1S/C14H21ClN4O/c1-4-10(5-2)8-19-11(6-7-15)18-12-13(19)16-9-17-14(12)20-3/h9-10H,4-8H2,1-3H3. The van der Waals surface area contributed by atoms with Crippen LogP contribution in [0.1, 0.15) is 32.5 Å². The number of aromatic nitrogens is 4. The minimum absolute atomic E-state index is 0.522. The van der Waals surface area contributed by atoms with Crippen LogP contribution in [-0.4, -0.2) is 32.5 Å². The van der Waals surface area contributed by atoms with Crippen LogP contribution in [0.3, 0.4) is 0 Å². The second-order valence-corrected chi connectivity index (χ2v) is 5.19. The second-order valence-electron chi connectivity index (χ2n) is 4.82. The molecule has 2 heterocycles. The van der Waals surface area contributed by atoms with Crippen LogP contribution in [0.15, 0.2) is 6.33 Å². The van der Waals surface area contributed by atoms with E-state index in [9.17, 15) is 0 Å². The molecule has 0 N–H and O–H groups in total. The molecule has 20 heavy (non-hydrogen) atoms. The summed E-state index contributed by atoms with van der Waals surface area (Å²) in [6.07, 6.45) is 4.52. The molecule has 5 nitrogen and oxygen atoms in total. The molecule has 0 fully saturated rings. The Morgan fingerprint density at radius 3 is 2.65 bits per heavy atom. The van der Waals surface area contributed by atoms with Gasteiger partial charge in [0.25, 0.3) is 0 Å². The lowest BCUT2D eigenvalue weighted by molar-refractivity contribution is 0.401. The van der Waals surface area contributed by atoms with Crippen molar-refractivity contribution in [3.8, 4) is 5.88 Å². The summed E-state index contributed by atoms with van der Waals surface area (Å²) in [5.41, 5.74) is 1.56. The minimum Gasteiger partial charge on any atom is -0.479 e. The van der Waals surface area contributed by atoms with Gasteiger partial charge in [-0.05, 0) is 5.92 Å². The zero-order chi connectivity index (χ0) is 14.5. The highest BCUT2D eigenvalue weighted by Crippen LogP contribution is 2.24. The summed E-state index contributed by atoms with van der Waals surface area (Å²) in [5.74, 6) is 2.64. The van der Waals surface area contributed by atoms with Crippen LogP contribution < -0.4 is 4.74 Å². The molecular formula is C14H21ClN4O. The van der Waals surface area contributed by atoms with E-state index in [0.29, 0.717) is 17.7 Å².